The molecule has 0 bridgehead atoms. The molecule has 1 aliphatic rings. The number of pyridine rings is 2. The summed E-state index contributed by atoms with van der Waals surface area (Å²) in [5, 5.41) is 4.71. The monoisotopic (exact) mass is 375 g/mol. The van der Waals surface area contributed by atoms with Crippen LogP contribution in [0.25, 0.3) is 22.2 Å². The quantitative estimate of drug-likeness (QED) is 0.642. The number of aromatic nitrogens is 4. The van der Waals surface area contributed by atoms with E-state index in [4.69, 9.17) is 16.3 Å². The second-order valence-electron chi connectivity index (χ2n) is 6.36. The van der Waals surface area contributed by atoms with E-state index in [0.29, 0.717) is 24.9 Å². The number of hydrogen-bond acceptors (Lipinski definition) is 5. The highest BCUT2D eigenvalue weighted by Crippen LogP contribution is 2.22. The topological polar surface area (TPSA) is 56.1 Å². The maximum absolute atomic E-state index is 14.4. The SMILES string of the molecule is FC(CN1CCOCC1)Cn1cc(-c2cnc3ccc(Cl)nc3c2)cn1. The van der Waals surface area contributed by atoms with Gasteiger partial charge in [-0.05, 0) is 18.2 Å². The van der Waals surface area contributed by atoms with Crippen LogP contribution in [0.5, 0.6) is 0 Å². The molecule has 0 spiro atoms. The molecule has 0 aromatic carbocycles. The third kappa shape index (κ3) is 4.00. The Morgan fingerprint density at radius 2 is 1.96 bits per heavy atom. The largest absolute Gasteiger partial charge is 0.379 e. The van der Waals surface area contributed by atoms with Crippen LogP contribution in [0.2, 0.25) is 5.15 Å². The first-order chi connectivity index (χ1) is 12.7. The summed E-state index contributed by atoms with van der Waals surface area (Å²) in [5.41, 5.74) is 3.25. The van der Waals surface area contributed by atoms with Crippen molar-refractivity contribution in [2.75, 3.05) is 32.8 Å². The van der Waals surface area contributed by atoms with Gasteiger partial charge in [0.15, 0.2) is 0 Å². The van der Waals surface area contributed by atoms with Crippen LogP contribution >= 0.6 is 11.6 Å². The average Bonchev–Trinajstić information content (AvgIpc) is 3.10. The van der Waals surface area contributed by atoms with Crippen LogP contribution < -0.4 is 0 Å². The van der Waals surface area contributed by atoms with Gasteiger partial charge in [0.05, 0.1) is 37.0 Å². The highest BCUT2D eigenvalue weighted by molar-refractivity contribution is 6.29. The maximum atomic E-state index is 14.4. The van der Waals surface area contributed by atoms with Crippen molar-refractivity contribution < 1.29 is 9.13 Å². The van der Waals surface area contributed by atoms with Crippen molar-refractivity contribution in [3.8, 4) is 11.1 Å². The van der Waals surface area contributed by atoms with Crippen molar-refractivity contribution in [2.45, 2.75) is 12.7 Å². The molecule has 0 aliphatic carbocycles. The van der Waals surface area contributed by atoms with Crippen molar-refractivity contribution in [1.82, 2.24) is 24.6 Å². The molecule has 0 radical (unpaired) electrons. The van der Waals surface area contributed by atoms with E-state index in [1.165, 1.54) is 0 Å². The van der Waals surface area contributed by atoms with Crippen molar-refractivity contribution in [3.05, 3.63) is 41.9 Å². The summed E-state index contributed by atoms with van der Waals surface area (Å²) in [4.78, 5) is 10.8. The highest BCUT2D eigenvalue weighted by Gasteiger charge is 2.17. The molecule has 1 saturated heterocycles. The Labute approximate surface area is 155 Å². The lowest BCUT2D eigenvalue weighted by Crippen LogP contribution is -2.40. The molecule has 8 heteroatoms. The van der Waals surface area contributed by atoms with E-state index in [1.54, 1.807) is 23.1 Å². The number of fused-ring (bicyclic) bond motifs is 1. The molecule has 0 saturated carbocycles. The van der Waals surface area contributed by atoms with Crippen LogP contribution in [-0.4, -0.2) is 63.7 Å². The van der Waals surface area contributed by atoms with Crippen molar-refractivity contribution in [3.63, 3.8) is 0 Å². The average molecular weight is 376 g/mol. The van der Waals surface area contributed by atoms with Gasteiger partial charge in [0, 0.05) is 43.2 Å². The normalized spacial score (nSPS) is 16.8. The van der Waals surface area contributed by atoms with Crippen LogP contribution in [-0.2, 0) is 11.3 Å². The number of alkyl halides is 1. The van der Waals surface area contributed by atoms with Crippen molar-refractivity contribution in [2.24, 2.45) is 0 Å². The summed E-state index contributed by atoms with van der Waals surface area (Å²) in [6.07, 6.45) is 4.34. The van der Waals surface area contributed by atoms with Gasteiger partial charge in [0.1, 0.15) is 11.3 Å². The van der Waals surface area contributed by atoms with E-state index in [1.807, 2.05) is 18.3 Å². The molecule has 1 atom stereocenters. The summed E-state index contributed by atoms with van der Waals surface area (Å²) in [5.74, 6) is 0. The maximum Gasteiger partial charge on any atom is 0.132 e. The molecule has 3 aromatic heterocycles. The van der Waals surface area contributed by atoms with Crippen LogP contribution in [0.4, 0.5) is 4.39 Å². The zero-order valence-corrected chi connectivity index (χ0v) is 14.9. The van der Waals surface area contributed by atoms with Gasteiger partial charge in [0.2, 0.25) is 0 Å². The minimum Gasteiger partial charge on any atom is -0.379 e. The minimum absolute atomic E-state index is 0.225. The van der Waals surface area contributed by atoms with Crippen LogP contribution in [0.15, 0.2) is 36.8 Å². The first-order valence-electron chi connectivity index (χ1n) is 8.57. The Balaban J connectivity index is 1.45. The number of nitrogens with zero attached hydrogens (tertiary/aromatic N) is 5. The van der Waals surface area contributed by atoms with Gasteiger partial charge in [-0.1, -0.05) is 11.6 Å². The highest BCUT2D eigenvalue weighted by atomic mass is 35.5. The lowest BCUT2D eigenvalue weighted by molar-refractivity contribution is 0.0251. The number of morpholine rings is 1. The number of hydrogen-bond donors (Lipinski definition) is 0. The van der Waals surface area contributed by atoms with Crippen LogP contribution in [0.1, 0.15) is 0 Å². The molecule has 136 valence electrons. The number of ether oxygens (including phenoxy) is 1. The van der Waals surface area contributed by atoms with Crippen molar-refractivity contribution >= 4 is 22.6 Å². The van der Waals surface area contributed by atoms with Crippen LogP contribution in [0.3, 0.4) is 0 Å². The third-order valence-corrected chi connectivity index (χ3v) is 4.63. The van der Waals surface area contributed by atoms with Gasteiger partial charge in [-0.2, -0.15) is 5.10 Å². The molecule has 26 heavy (non-hydrogen) atoms. The van der Waals surface area contributed by atoms with Gasteiger partial charge in [-0.3, -0.25) is 14.6 Å². The fraction of sp³-hybridized carbons (Fsp3) is 0.389. The molecule has 0 amide bonds. The predicted molar refractivity (Wildman–Crippen MR) is 97.9 cm³/mol. The molecular weight excluding hydrogens is 357 g/mol. The molecule has 3 aromatic rings. The molecule has 4 heterocycles. The predicted octanol–water partition coefficient (Wildman–Crippen LogP) is 2.82. The fourth-order valence-corrected chi connectivity index (χ4v) is 3.23. The Hall–Kier alpha value is -2.09. The van der Waals surface area contributed by atoms with E-state index < -0.39 is 6.17 Å². The van der Waals surface area contributed by atoms with E-state index in [9.17, 15) is 4.39 Å². The first-order valence-corrected chi connectivity index (χ1v) is 8.94. The van der Waals surface area contributed by atoms with Crippen LogP contribution in [0, 0.1) is 0 Å². The number of rotatable bonds is 5. The molecule has 1 unspecified atom stereocenters. The summed E-state index contributed by atoms with van der Waals surface area (Å²) < 4.78 is 21.3. The van der Waals surface area contributed by atoms with Gasteiger partial charge in [0.25, 0.3) is 0 Å². The molecule has 1 fully saturated rings. The fourth-order valence-electron chi connectivity index (χ4n) is 3.08. The summed E-state index contributed by atoms with van der Waals surface area (Å²) >= 11 is 5.95. The molecular formula is C18H19ClFN5O. The lowest BCUT2D eigenvalue weighted by atomic mass is 10.1. The zero-order valence-electron chi connectivity index (χ0n) is 14.2. The van der Waals surface area contributed by atoms with E-state index in [0.717, 1.165) is 35.2 Å². The lowest BCUT2D eigenvalue weighted by Gasteiger charge is -2.27. The second kappa shape index (κ2) is 7.65. The summed E-state index contributed by atoms with van der Waals surface area (Å²) in [7, 11) is 0. The zero-order chi connectivity index (χ0) is 17.9. The molecule has 0 N–H and O–H groups in total. The Morgan fingerprint density at radius 1 is 1.12 bits per heavy atom. The Bertz CT molecular complexity index is 896. The van der Waals surface area contributed by atoms with E-state index >= 15 is 0 Å². The second-order valence-corrected chi connectivity index (χ2v) is 6.74. The molecule has 1 aliphatic heterocycles. The standard InChI is InChI=1S/C18H19ClFN5O/c19-18-2-1-16-17(23-18)7-13(8-21-16)14-9-22-25(10-14)12-15(20)11-24-3-5-26-6-4-24/h1-2,7-10,15H,3-6,11-12H2. The first kappa shape index (κ1) is 17.3. The Kier molecular flexibility index (Phi) is 5.10. The third-order valence-electron chi connectivity index (χ3n) is 4.42. The van der Waals surface area contributed by atoms with Gasteiger partial charge >= 0.3 is 0 Å². The van der Waals surface area contributed by atoms with Gasteiger partial charge in [-0.25, -0.2) is 9.37 Å². The summed E-state index contributed by atoms with van der Waals surface area (Å²) in [6, 6.07) is 5.46. The molecule has 4 rings (SSSR count). The van der Waals surface area contributed by atoms with Crippen molar-refractivity contribution in [1.29, 1.82) is 0 Å². The summed E-state index contributed by atoms with van der Waals surface area (Å²) in [6.45, 7) is 3.53. The smallest absolute Gasteiger partial charge is 0.132 e. The minimum atomic E-state index is -0.976. The van der Waals surface area contributed by atoms with E-state index in [2.05, 4.69) is 20.0 Å². The van der Waals surface area contributed by atoms with Gasteiger partial charge in [-0.15, -0.1) is 0 Å². The number of halogens is 2. The van der Waals surface area contributed by atoms with Gasteiger partial charge < -0.3 is 4.74 Å². The molecule has 6 nitrogen and oxygen atoms in total. The Morgan fingerprint density at radius 3 is 2.81 bits per heavy atom. The van der Waals surface area contributed by atoms with E-state index in [-0.39, 0.29) is 6.54 Å².